The fourth-order valence-electron chi connectivity index (χ4n) is 2.52. The number of hydrogen-bond donors (Lipinski definition) is 4. The highest BCUT2D eigenvalue weighted by atomic mass is 35.5. The van der Waals surface area contributed by atoms with E-state index in [9.17, 15) is 14.7 Å². The maximum atomic E-state index is 11.3. The molecular formula is C12H12ClN3O3. The quantitative estimate of drug-likeness (QED) is 0.471. The molecule has 0 spiro atoms. The summed E-state index contributed by atoms with van der Waals surface area (Å²) in [6, 6.07) is 5.02. The number of alkyl halides is 1. The van der Waals surface area contributed by atoms with E-state index in [1.165, 1.54) is 0 Å². The molecule has 3 atom stereocenters. The number of hydrazine groups is 1. The van der Waals surface area contributed by atoms with Crippen molar-refractivity contribution in [1.29, 1.82) is 0 Å². The molecule has 19 heavy (non-hydrogen) atoms. The number of amides is 1. The predicted molar refractivity (Wildman–Crippen MR) is 68.6 cm³/mol. The highest BCUT2D eigenvalue weighted by molar-refractivity contribution is 6.21. The van der Waals surface area contributed by atoms with E-state index >= 15 is 0 Å². The number of nitrogens with one attached hydrogen (secondary N) is 3. The SMILES string of the molecule is O=C1Cc2cc(C3NNC(Cl)C3C(=O)O)ccc2N1. The summed E-state index contributed by atoms with van der Waals surface area (Å²) in [5.74, 6) is -1.77. The summed E-state index contributed by atoms with van der Waals surface area (Å²) >= 11 is 5.94. The second-order valence-electron chi connectivity index (χ2n) is 4.67. The molecule has 0 bridgehead atoms. The molecule has 1 aromatic rings. The van der Waals surface area contributed by atoms with Crippen LogP contribution in [-0.2, 0) is 16.0 Å². The average Bonchev–Trinajstić information content (AvgIpc) is 2.89. The van der Waals surface area contributed by atoms with Crippen molar-refractivity contribution in [3.05, 3.63) is 29.3 Å². The maximum Gasteiger partial charge on any atom is 0.311 e. The Morgan fingerprint density at radius 1 is 1.37 bits per heavy atom. The summed E-state index contributed by atoms with van der Waals surface area (Å²) in [5, 5.41) is 12.0. The molecule has 0 saturated carbocycles. The van der Waals surface area contributed by atoms with Gasteiger partial charge in [0.25, 0.3) is 0 Å². The van der Waals surface area contributed by atoms with Gasteiger partial charge in [-0.2, -0.15) is 0 Å². The Bertz CT molecular complexity index is 563. The van der Waals surface area contributed by atoms with Gasteiger partial charge in [-0.1, -0.05) is 12.1 Å². The molecular weight excluding hydrogens is 270 g/mol. The van der Waals surface area contributed by atoms with Crippen LogP contribution in [0, 0.1) is 5.92 Å². The zero-order chi connectivity index (χ0) is 13.6. The lowest BCUT2D eigenvalue weighted by molar-refractivity contribution is -0.142. The van der Waals surface area contributed by atoms with Gasteiger partial charge in [0, 0.05) is 5.69 Å². The number of fused-ring (bicyclic) bond motifs is 1. The van der Waals surface area contributed by atoms with Crippen LogP contribution in [0.4, 0.5) is 5.69 Å². The molecule has 1 saturated heterocycles. The summed E-state index contributed by atoms with van der Waals surface area (Å²) in [7, 11) is 0. The fourth-order valence-corrected chi connectivity index (χ4v) is 2.84. The first kappa shape index (κ1) is 12.4. The van der Waals surface area contributed by atoms with E-state index in [2.05, 4.69) is 16.2 Å². The second-order valence-corrected chi connectivity index (χ2v) is 5.14. The summed E-state index contributed by atoms with van der Waals surface area (Å²) in [6.45, 7) is 0. The van der Waals surface area contributed by atoms with Crippen LogP contribution in [0.5, 0.6) is 0 Å². The molecule has 2 aliphatic rings. The molecule has 1 aromatic carbocycles. The molecule has 0 aliphatic carbocycles. The highest BCUT2D eigenvalue weighted by Gasteiger charge is 2.41. The van der Waals surface area contributed by atoms with E-state index in [4.69, 9.17) is 11.6 Å². The Morgan fingerprint density at radius 2 is 2.16 bits per heavy atom. The Kier molecular flexibility index (Phi) is 2.93. The molecule has 3 rings (SSSR count). The van der Waals surface area contributed by atoms with Gasteiger partial charge in [-0.15, -0.1) is 11.6 Å². The first-order valence-electron chi connectivity index (χ1n) is 5.87. The van der Waals surface area contributed by atoms with Crippen LogP contribution in [-0.4, -0.2) is 22.5 Å². The smallest absolute Gasteiger partial charge is 0.311 e. The van der Waals surface area contributed by atoms with Crippen molar-refractivity contribution in [1.82, 2.24) is 10.9 Å². The molecule has 1 fully saturated rings. The maximum absolute atomic E-state index is 11.3. The van der Waals surface area contributed by atoms with Crippen LogP contribution in [0.1, 0.15) is 17.2 Å². The molecule has 3 unspecified atom stereocenters. The minimum Gasteiger partial charge on any atom is -0.481 e. The van der Waals surface area contributed by atoms with Gasteiger partial charge in [0.2, 0.25) is 5.91 Å². The van der Waals surface area contributed by atoms with Crippen LogP contribution in [0.2, 0.25) is 0 Å². The van der Waals surface area contributed by atoms with Gasteiger partial charge in [-0.05, 0) is 17.2 Å². The van der Waals surface area contributed by atoms with Crippen LogP contribution < -0.4 is 16.2 Å². The van der Waals surface area contributed by atoms with Gasteiger partial charge in [-0.3, -0.25) is 9.59 Å². The van der Waals surface area contributed by atoms with Crippen molar-refractivity contribution in [2.75, 3.05) is 5.32 Å². The topological polar surface area (TPSA) is 90.5 Å². The number of carbonyl (C=O) groups is 2. The molecule has 2 heterocycles. The first-order valence-corrected chi connectivity index (χ1v) is 6.30. The number of benzene rings is 1. The van der Waals surface area contributed by atoms with E-state index in [1.54, 1.807) is 12.1 Å². The van der Waals surface area contributed by atoms with Gasteiger partial charge >= 0.3 is 5.97 Å². The van der Waals surface area contributed by atoms with Gasteiger partial charge in [0.1, 0.15) is 11.4 Å². The third-order valence-electron chi connectivity index (χ3n) is 3.45. The van der Waals surface area contributed by atoms with Crippen LogP contribution in [0.15, 0.2) is 18.2 Å². The molecule has 2 aliphatic heterocycles. The monoisotopic (exact) mass is 281 g/mol. The normalized spacial score (nSPS) is 29.1. The van der Waals surface area contributed by atoms with Crippen LogP contribution >= 0.6 is 11.6 Å². The third kappa shape index (κ3) is 2.07. The number of carbonyl (C=O) groups excluding carboxylic acids is 1. The molecule has 1 amide bonds. The molecule has 0 radical (unpaired) electrons. The van der Waals surface area contributed by atoms with E-state index in [0.29, 0.717) is 6.42 Å². The van der Waals surface area contributed by atoms with Crippen molar-refractivity contribution in [2.45, 2.75) is 18.0 Å². The minimum atomic E-state index is -0.961. The average molecular weight is 282 g/mol. The molecule has 6 nitrogen and oxygen atoms in total. The van der Waals surface area contributed by atoms with Gasteiger partial charge < -0.3 is 10.4 Å². The molecule has 100 valence electrons. The summed E-state index contributed by atoms with van der Waals surface area (Å²) in [5.41, 5.74) is 7.42. The lowest BCUT2D eigenvalue weighted by atomic mass is 9.93. The molecule has 4 N–H and O–H groups in total. The lowest BCUT2D eigenvalue weighted by Crippen LogP contribution is -2.28. The zero-order valence-electron chi connectivity index (χ0n) is 9.81. The third-order valence-corrected chi connectivity index (χ3v) is 3.83. The lowest BCUT2D eigenvalue weighted by Gasteiger charge is -2.17. The number of hydrogen-bond acceptors (Lipinski definition) is 4. The number of rotatable bonds is 2. The van der Waals surface area contributed by atoms with E-state index in [1.807, 2.05) is 6.07 Å². The second kappa shape index (κ2) is 4.48. The first-order chi connectivity index (χ1) is 9.06. The zero-order valence-corrected chi connectivity index (χ0v) is 10.6. The van der Waals surface area contributed by atoms with Crippen molar-refractivity contribution < 1.29 is 14.7 Å². The Balaban J connectivity index is 1.93. The van der Waals surface area contributed by atoms with Crippen LogP contribution in [0.3, 0.4) is 0 Å². The van der Waals surface area contributed by atoms with Gasteiger partial charge in [0.05, 0.1) is 12.5 Å². The van der Waals surface area contributed by atoms with Crippen molar-refractivity contribution in [2.24, 2.45) is 5.92 Å². The molecule has 0 aromatic heterocycles. The van der Waals surface area contributed by atoms with Crippen molar-refractivity contribution >= 4 is 29.2 Å². The summed E-state index contributed by atoms with van der Waals surface area (Å²) in [6.07, 6.45) is 0.325. The predicted octanol–water partition coefficient (Wildman–Crippen LogP) is 0.596. The van der Waals surface area contributed by atoms with E-state index in [0.717, 1.165) is 16.8 Å². The number of carboxylic acid groups (broad SMARTS) is 1. The fraction of sp³-hybridized carbons (Fsp3) is 0.333. The minimum absolute atomic E-state index is 0.0466. The van der Waals surface area contributed by atoms with Crippen molar-refractivity contribution in [3.63, 3.8) is 0 Å². The Hall–Kier alpha value is -1.63. The van der Waals surface area contributed by atoms with Crippen molar-refractivity contribution in [3.8, 4) is 0 Å². The van der Waals surface area contributed by atoms with E-state index in [-0.39, 0.29) is 5.91 Å². The number of halogens is 1. The number of anilines is 1. The standard InChI is InChI=1S/C12H12ClN3O3/c13-11-9(12(18)19)10(15-16-11)5-1-2-7-6(3-5)4-8(17)14-7/h1-3,9-11,15-16H,4H2,(H,14,17)(H,18,19). The Morgan fingerprint density at radius 3 is 2.89 bits per heavy atom. The summed E-state index contributed by atoms with van der Waals surface area (Å²) < 4.78 is 0. The van der Waals surface area contributed by atoms with Gasteiger partial charge in [0.15, 0.2) is 0 Å². The van der Waals surface area contributed by atoms with Crippen LogP contribution in [0.25, 0.3) is 0 Å². The summed E-state index contributed by atoms with van der Waals surface area (Å²) in [4.78, 5) is 22.6. The highest BCUT2D eigenvalue weighted by Crippen LogP contribution is 2.33. The molecule has 7 heteroatoms. The Labute approximate surface area is 114 Å². The largest absolute Gasteiger partial charge is 0.481 e. The number of carboxylic acids is 1. The van der Waals surface area contributed by atoms with Gasteiger partial charge in [-0.25, -0.2) is 10.9 Å². The van der Waals surface area contributed by atoms with E-state index < -0.39 is 23.4 Å². The number of aliphatic carboxylic acids is 1.